The summed E-state index contributed by atoms with van der Waals surface area (Å²) in [5, 5.41) is 0. The molecule has 3 rings (SSSR count). The summed E-state index contributed by atoms with van der Waals surface area (Å²) in [7, 11) is 0. The second kappa shape index (κ2) is 6.78. The van der Waals surface area contributed by atoms with Crippen LogP contribution in [0.4, 0.5) is 0 Å². The highest BCUT2D eigenvalue weighted by atomic mass is 14.1. The van der Waals surface area contributed by atoms with Gasteiger partial charge in [-0.3, -0.25) is 0 Å². The zero-order chi connectivity index (χ0) is 15.2. The van der Waals surface area contributed by atoms with E-state index in [2.05, 4.69) is 66.6 Å². The summed E-state index contributed by atoms with van der Waals surface area (Å²) in [4.78, 5) is 0. The van der Waals surface area contributed by atoms with Crippen LogP contribution in [-0.2, 0) is 12.8 Å². The Hall–Kier alpha value is -2.78. The molecule has 0 heteroatoms. The largest absolute Gasteiger partial charge is 0.115 e. The average Bonchev–Trinajstić information content (AvgIpc) is 2.58. The van der Waals surface area contributed by atoms with Crippen molar-refractivity contribution < 1.29 is 0 Å². The van der Waals surface area contributed by atoms with E-state index >= 15 is 0 Å². The van der Waals surface area contributed by atoms with Gasteiger partial charge in [0.2, 0.25) is 0 Å². The summed E-state index contributed by atoms with van der Waals surface area (Å²) in [6.45, 7) is 0. The Labute approximate surface area is 132 Å². The summed E-state index contributed by atoms with van der Waals surface area (Å²) >= 11 is 0. The third-order valence-electron chi connectivity index (χ3n) is 3.89. The molecule has 0 aromatic heterocycles. The van der Waals surface area contributed by atoms with Crippen LogP contribution < -0.4 is 0 Å². The second-order valence-corrected chi connectivity index (χ2v) is 5.41. The minimum Gasteiger partial charge on any atom is -0.115 e. The SMILES string of the molecule is C#Cc1cccc(Cc2ccccc2)c1Cc1ccccc1. The molecule has 0 radical (unpaired) electrons. The number of hydrogen-bond acceptors (Lipinski definition) is 0. The van der Waals surface area contributed by atoms with Gasteiger partial charge in [0, 0.05) is 5.56 Å². The van der Waals surface area contributed by atoms with Crippen molar-refractivity contribution >= 4 is 0 Å². The molecule has 0 atom stereocenters. The van der Waals surface area contributed by atoms with Crippen LogP contribution in [0.15, 0.2) is 78.9 Å². The topological polar surface area (TPSA) is 0 Å². The molecule has 0 aliphatic heterocycles. The Bertz CT molecular complexity index is 777. The summed E-state index contributed by atoms with van der Waals surface area (Å²) in [5.74, 6) is 2.84. The van der Waals surface area contributed by atoms with Gasteiger partial charge in [-0.15, -0.1) is 6.42 Å². The standard InChI is InChI=1S/C22H18/c1-2-20-14-9-15-21(16-18-10-5-3-6-11-18)22(20)17-19-12-7-4-8-13-19/h1,3-15H,16-17H2. The monoisotopic (exact) mass is 282 g/mol. The highest BCUT2D eigenvalue weighted by Gasteiger charge is 2.08. The van der Waals surface area contributed by atoms with E-state index < -0.39 is 0 Å². The van der Waals surface area contributed by atoms with Gasteiger partial charge in [0.1, 0.15) is 0 Å². The molecule has 0 bridgehead atoms. The fourth-order valence-corrected chi connectivity index (χ4v) is 2.76. The van der Waals surface area contributed by atoms with Gasteiger partial charge in [-0.1, -0.05) is 78.7 Å². The van der Waals surface area contributed by atoms with Crippen LogP contribution in [0.2, 0.25) is 0 Å². The Morgan fingerprint density at radius 1 is 0.636 bits per heavy atom. The number of benzene rings is 3. The zero-order valence-corrected chi connectivity index (χ0v) is 12.5. The molecular weight excluding hydrogens is 264 g/mol. The Kier molecular flexibility index (Phi) is 4.37. The lowest BCUT2D eigenvalue weighted by Crippen LogP contribution is -2.00. The first kappa shape index (κ1) is 14.2. The number of hydrogen-bond donors (Lipinski definition) is 0. The maximum Gasteiger partial charge on any atom is 0.0280 e. The average molecular weight is 282 g/mol. The molecule has 0 saturated heterocycles. The van der Waals surface area contributed by atoms with E-state index in [1.807, 2.05) is 18.2 Å². The smallest absolute Gasteiger partial charge is 0.0280 e. The zero-order valence-electron chi connectivity index (χ0n) is 12.5. The van der Waals surface area contributed by atoms with Crippen LogP contribution in [0.25, 0.3) is 0 Å². The van der Waals surface area contributed by atoms with Crippen LogP contribution in [-0.4, -0.2) is 0 Å². The molecule has 106 valence electrons. The predicted molar refractivity (Wildman–Crippen MR) is 92.9 cm³/mol. The van der Waals surface area contributed by atoms with E-state index in [0.717, 1.165) is 18.4 Å². The lowest BCUT2D eigenvalue weighted by atomic mass is 9.91. The van der Waals surface area contributed by atoms with E-state index in [9.17, 15) is 0 Å². The van der Waals surface area contributed by atoms with Gasteiger partial charge in [0.15, 0.2) is 0 Å². The minimum absolute atomic E-state index is 0.878. The second-order valence-electron chi connectivity index (χ2n) is 5.41. The molecule has 0 fully saturated rings. The van der Waals surface area contributed by atoms with Gasteiger partial charge in [-0.2, -0.15) is 0 Å². The van der Waals surface area contributed by atoms with E-state index in [4.69, 9.17) is 6.42 Å². The first-order chi connectivity index (χ1) is 10.9. The maximum absolute atomic E-state index is 5.72. The molecule has 0 nitrogen and oxygen atoms in total. The summed E-state index contributed by atoms with van der Waals surface area (Å²) in [6.07, 6.45) is 7.51. The van der Waals surface area contributed by atoms with Gasteiger partial charge < -0.3 is 0 Å². The summed E-state index contributed by atoms with van der Waals surface area (Å²) in [5.41, 5.74) is 6.17. The van der Waals surface area contributed by atoms with E-state index in [1.54, 1.807) is 0 Å². The number of terminal acetylenes is 1. The lowest BCUT2D eigenvalue weighted by molar-refractivity contribution is 1.08. The molecule has 0 N–H and O–H groups in total. The molecule has 0 aliphatic carbocycles. The quantitative estimate of drug-likeness (QED) is 0.600. The van der Waals surface area contributed by atoms with Crippen LogP contribution >= 0.6 is 0 Å². The van der Waals surface area contributed by atoms with Crippen LogP contribution in [0, 0.1) is 12.3 Å². The van der Waals surface area contributed by atoms with Gasteiger partial charge in [0.25, 0.3) is 0 Å². The Morgan fingerprint density at radius 3 is 1.82 bits per heavy atom. The molecule has 0 saturated carbocycles. The highest BCUT2D eigenvalue weighted by Crippen LogP contribution is 2.21. The third kappa shape index (κ3) is 3.27. The normalized spacial score (nSPS) is 10.1. The van der Waals surface area contributed by atoms with Crippen molar-refractivity contribution in [2.45, 2.75) is 12.8 Å². The van der Waals surface area contributed by atoms with E-state index in [-0.39, 0.29) is 0 Å². The molecule has 0 heterocycles. The first-order valence-corrected chi connectivity index (χ1v) is 7.52. The highest BCUT2D eigenvalue weighted by molar-refractivity contribution is 5.48. The lowest BCUT2D eigenvalue weighted by Gasteiger charge is -2.12. The van der Waals surface area contributed by atoms with Crippen LogP contribution in [0.5, 0.6) is 0 Å². The van der Waals surface area contributed by atoms with Crippen molar-refractivity contribution in [1.29, 1.82) is 0 Å². The predicted octanol–water partition coefficient (Wildman–Crippen LogP) is 4.85. The Balaban J connectivity index is 1.98. The van der Waals surface area contributed by atoms with Gasteiger partial charge in [-0.25, -0.2) is 0 Å². The maximum atomic E-state index is 5.72. The van der Waals surface area contributed by atoms with Gasteiger partial charge in [-0.05, 0) is 41.2 Å². The molecule has 3 aromatic carbocycles. The van der Waals surface area contributed by atoms with Gasteiger partial charge in [0.05, 0.1) is 0 Å². The Morgan fingerprint density at radius 2 is 1.23 bits per heavy atom. The van der Waals surface area contributed by atoms with Crippen molar-refractivity contribution in [2.24, 2.45) is 0 Å². The molecular formula is C22H18. The van der Waals surface area contributed by atoms with Crippen molar-refractivity contribution in [3.63, 3.8) is 0 Å². The molecule has 3 aromatic rings. The van der Waals surface area contributed by atoms with Crippen molar-refractivity contribution in [3.8, 4) is 12.3 Å². The number of rotatable bonds is 4. The first-order valence-electron chi connectivity index (χ1n) is 7.52. The van der Waals surface area contributed by atoms with Crippen molar-refractivity contribution in [3.05, 3.63) is 107 Å². The molecule has 0 amide bonds. The van der Waals surface area contributed by atoms with Crippen molar-refractivity contribution in [1.82, 2.24) is 0 Å². The van der Waals surface area contributed by atoms with Crippen LogP contribution in [0.1, 0.15) is 27.8 Å². The molecule has 22 heavy (non-hydrogen) atoms. The van der Waals surface area contributed by atoms with E-state index in [0.29, 0.717) is 0 Å². The fraction of sp³-hybridized carbons (Fsp3) is 0.0909. The minimum atomic E-state index is 0.878. The fourth-order valence-electron chi connectivity index (χ4n) is 2.76. The van der Waals surface area contributed by atoms with E-state index in [1.165, 1.54) is 22.3 Å². The molecule has 0 spiro atoms. The third-order valence-corrected chi connectivity index (χ3v) is 3.89. The molecule has 0 aliphatic rings. The summed E-state index contributed by atoms with van der Waals surface area (Å²) < 4.78 is 0. The van der Waals surface area contributed by atoms with Crippen molar-refractivity contribution in [2.75, 3.05) is 0 Å². The van der Waals surface area contributed by atoms with Gasteiger partial charge >= 0.3 is 0 Å². The molecule has 0 unspecified atom stereocenters. The van der Waals surface area contributed by atoms with Crippen LogP contribution in [0.3, 0.4) is 0 Å². The summed E-state index contributed by atoms with van der Waals surface area (Å²) in [6, 6.07) is 27.3.